The molecule has 0 amide bonds. The number of aryl methyl sites for hydroxylation is 1. The van der Waals surface area contributed by atoms with Crippen LogP contribution in [0.5, 0.6) is 0 Å². The number of oxazole rings is 1. The number of aliphatic carboxylic acids is 1. The highest BCUT2D eigenvalue weighted by molar-refractivity contribution is 5.83. The highest BCUT2D eigenvalue weighted by atomic mass is 16.4. The summed E-state index contributed by atoms with van der Waals surface area (Å²) < 4.78 is 6.41. The van der Waals surface area contributed by atoms with Crippen molar-refractivity contribution in [2.75, 3.05) is 0 Å². The van der Waals surface area contributed by atoms with Crippen LogP contribution in [0.1, 0.15) is 19.4 Å². The number of hydrogen-bond acceptors (Lipinski definition) is 3. The lowest BCUT2D eigenvalue weighted by Crippen LogP contribution is -2.28. The lowest BCUT2D eigenvalue weighted by Gasteiger charge is -2.19. The molecular weight excluding hydrogens is 222 g/mol. The summed E-state index contributed by atoms with van der Waals surface area (Å²) in [6.07, 6.45) is 0. The van der Waals surface area contributed by atoms with E-state index in [1.807, 2.05) is 0 Å². The molecule has 0 bridgehead atoms. The zero-order valence-electron chi connectivity index (χ0n) is 9.85. The standard InChI is InChI=1S/C12H13NO4/c1-12(2,10(14)15)7-4-5-8-9(6-7)17-11(16)13(8)3/h4-6H,1-3H3,(H,14,15). The minimum atomic E-state index is -1.01. The Morgan fingerprint density at radius 2 is 2.06 bits per heavy atom. The van der Waals surface area contributed by atoms with Crippen LogP contribution < -0.4 is 5.76 Å². The van der Waals surface area contributed by atoms with Crippen LogP contribution in [0.4, 0.5) is 0 Å². The average Bonchev–Trinajstić information content (AvgIpc) is 2.54. The third-order valence-corrected chi connectivity index (χ3v) is 3.05. The molecule has 0 saturated carbocycles. The Hall–Kier alpha value is -2.04. The highest BCUT2D eigenvalue weighted by Gasteiger charge is 2.30. The summed E-state index contributed by atoms with van der Waals surface area (Å²) in [5, 5.41) is 9.13. The molecule has 1 aromatic carbocycles. The lowest BCUT2D eigenvalue weighted by atomic mass is 9.85. The smallest absolute Gasteiger partial charge is 0.419 e. The molecule has 1 N–H and O–H groups in total. The molecule has 90 valence electrons. The number of rotatable bonds is 2. The molecule has 0 unspecified atom stereocenters. The monoisotopic (exact) mass is 235 g/mol. The fraction of sp³-hybridized carbons (Fsp3) is 0.333. The minimum Gasteiger partial charge on any atom is -0.481 e. The Balaban J connectivity index is 2.68. The summed E-state index contributed by atoms with van der Waals surface area (Å²) in [6, 6.07) is 5.00. The van der Waals surface area contributed by atoms with Gasteiger partial charge in [-0.15, -0.1) is 0 Å². The molecule has 5 nitrogen and oxygen atoms in total. The number of nitrogens with zero attached hydrogens (tertiary/aromatic N) is 1. The predicted molar refractivity (Wildman–Crippen MR) is 62.1 cm³/mol. The summed E-state index contributed by atoms with van der Waals surface area (Å²) in [5.41, 5.74) is 0.652. The molecule has 0 saturated heterocycles. The van der Waals surface area contributed by atoms with E-state index < -0.39 is 17.1 Å². The molecule has 1 aromatic heterocycles. The molecule has 0 aliphatic heterocycles. The maximum atomic E-state index is 11.3. The molecule has 0 spiro atoms. The number of fused-ring (bicyclic) bond motifs is 1. The van der Waals surface area contributed by atoms with E-state index in [2.05, 4.69) is 0 Å². The molecule has 0 aliphatic carbocycles. The van der Waals surface area contributed by atoms with Gasteiger partial charge in [0.05, 0.1) is 10.9 Å². The molecule has 0 radical (unpaired) electrons. The summed E-state index contributed by atoms with van der Waals surface area (Å²) in [6.45, 7) is 3.22. The number of hydrogen-bond donors (Lipinski definition) is 1. The van der Waals surface area contributed by atoms with Crippen LogP contribution in [0.25, 0.3) is 11.1 Å². The summed E-state index contributed by atoms with van der Waals surface area (Å²) in [4.78, 5) is 22.4. The third kappa shape index (κ3) is 1.63. The summed E-state index contributed by atoms with van der Waals surface area (Å²) >= 11 is 0. The maximum Gasteiger partial charge on any atom is 0.419 e. The zero-order valence-corrected chi connectivity index (χ0v) is 9.85. The van der Waals surface area contributed by atoms with Gasteiger partial charge < -0.3 is 9.52 Å². The van der Waals surface area contributed by atoms with Gasteiger partial charge in [-0.2, -0.15) is 0 Å². The molecule has 0 atom stereocenters. The highest BCUT2D eigenvalue weighted by Crippen LogP contribution is 2.26. The van der Waals surface area contributed by atoms with Gasteiger partial charge >= 0.3 is 11.7 Å². The topological polar surface area (TPSA) is 72.4 Å². The van der Waals surface area contributed by atoms with Crippen LogP contribution in [-0.2, 0) is 17.3 Å². The van der Waals surface area contributed by atoms with E-state index in [0.717, 1.165) is 0 Å². The van der Waals surface area contributed by atoms with Gasteiger partial charge in [0.25, 0.3) is 0 Å². The van der Waals surface area contributed by atoms with Crippen molar-refractivity contribution in [3.05, 3.63) is 34.3 Å². The third-order valence-electron chi connectivity index (χ3n) is 3.05. The molecule has 2 rings (SSSR count). The van der Waals surface area contributed by atoms with Gasteiger partial charge in [-0.3, -0.25) is 9.36 Å². The molecule has 1 heterocycles. The Morgan fingerprint density at radius 1 is 1.41 bits per heavy atom. The second-order valence-electron chi connectivity index (χ2n) is 4.54. The van der Waals surface area contributed by atoms with Crippen molar-refractivity contribution in [3.8, 4) is 0 Å². The Morgan fingerprint density at radius 3 is 2.65 bits per heavy atom. The van der Waals surface area contributed by atoms with Crippen LogP contribution in [0.2, 0.25) is 0 Å². The second kappa shape index (κ2) is 3.48. The SMILES string of the molecule is Cn1c(=O)oc2cc(C(C)(C)C(=O)O)ccc21. The summed E-state index contributed by atoms with van der Waals surface area (Å²) in [7, 11) is 1.61. The van der Waals surface area contributed by atoms with Crippen LogP contribution in [0.3, 0.4) is 0 Å². The van der Waals surface area contributed by atoms with Gasteiger partial charge in [0.15, 0.2) is 5.58 Å². The van der Waals surface area contributed by atoms with Gasteiger partial charge in [-0.1, -0.05) is 6.07 Å². The molecule has 5 heteroatoms. The lowest BCUT2D eigenvalue weighted by molar-refractivity contribution is -0.142. The van der Waals surface area contributed by atoms with Crippen molar-refractivity contribution in [2.24, 2.45) is 7.05 Å². The van der Waals surface area contributed by atoms with E-state index >= 15 is 0 Å². The fourth-order valence-electron chi connectivity index (χ4n) is 1.65. The van der Waals surface area contributed by atoms with Gasteiger partial charge in [0.2, 0.25) is 0 Å². The fourth-order valence-corrected chi connectivity index (χ4v) is 1.65. The van der Waals surface area contributed by atoms with Gasteiger partial charge in [-0.05, 0) is 31.5 Å². The number of carbonyl (C=O) groups is 1. The van der Waals surface area contributed by atoms with Crippen molar-refractivity contribution in [1.82, 2.24) is 4.57 Å². The second-order valence-corrected chi connectivity index (χ2v) is 4.54. The van der Waals surface area contributed by atoms with Crippen molar-refractivity contribution >= 4 is 17.1 Å². The van der Waals surface area contributed by atoms with Crippen LogP contribution >= 0.6 is 0 Å². The van der Waals surface area contributed by atoms with Crippen molar-refractivity contribution in [3.63, 3.8) is 0 Å². The van der Waals surface area contributed by atoms with Gasteiger partial charge in [0.1, 0.15) is 0 Å². The van der Waals surface area contributed by atoms with Crippen molar-refractivity contribution < 1.29 is 14.3 Å². The quantitative estimate of drug-likeness (QED) is 0.856. The Labute approximate surface area is 97.3 Å². The van der Waals surface area contributed by atoms with Crippen LogP contribution in [0.15, 0.2) is 27.4 Å². The molecule has 17 heavy (non-hydrogen) atoms. The van der Waals surface area contributed by atoms with Crippen LogP contribution in [0, 0.1) is 0 Å². The van der Waals surface area contributed by atoms with Crippen LogP contribution in [-0.4, -0.2) is 15.6 Å². The first kappa shape index (κ1) is 11.4. The van der Waals surface area contributed by atoms with E-state index in [9.17, 15) is 9.59 Å². The number of aromatic nitrogens is 1. The van der Waals surface area contributed by atoms with E-state index in [1.165, 1.54) is 4.57 Å². The number of benzene rings is 1. The van der Waals surface area contributed by atoms with E-state index in [4.69, 9.17) is 9.52 Å². The predicted octanol–water partition coefficient (Wildman–Crippen LogP) is 1.49. The molecular formula is C12H13NO4. The molecule has 0 fully saturated rings. The van der Waals surface area contributed by atoms with Gasteiger partial charge in [-0.25, -0.2) is 4.79 Å². The average molecular weight is 235 g/mol. The first-order chi connectivity index (χ1) is 7.84. The molecule has 2 aromatic rings. The normalized spacial score (nSPS) is 11.9. The largest absolute Gasteiger partial charge is 0.481 e. The summed E-state index contributed by atoms with van der Waals surface area (Å²) in [5.74, 6) is -1.37. The van der Waals surface area contributed by atoms with E-state index in [0.29, 0.717) is 16.7 Å². The van der Waals surface area contributed by atoms with Crippen molar-refractivity contribution in [1.29, 1.82) is 0 Å². The minimum absolute atomic E-state index is 0.407. The maximum absolute atomic E-state index is 11.3. The van der Waals surface area contributed by atoms with E-state index in [-0.39, 0.29) is 0 Å². The van der Waals surface area contributed by atoms with Gasteiger partial charge in [0, 0.05) is 7.05 Å². The van der Waals surface area contributed by atoms with E-state index in [1.54, 1.807) is 39.1 Å². The van der Waals surface area contributed by atoms with Crippen molar-refractivity contribution in [2.45, 2.75) is 19.3 Å². The number of carboxylic acid groups (broad SMARTS) is 1. The molecule has 0 aliphatic rings. The first-order valence-corrected chi connectivity index (χ1v) is 5.17. The first-order valence-electron chi connectivity index (χ1n) is 5.17. The zero-order chi connectivity index (χ0) is 12.8. The Bertz CT molecular complexity index is 648. The Kier molecular flexibility index (Phi) is 2.34. The number of carboxylic acids is 1.